The van der Waals surface area contributed by atoms with E-state index in [9.17, 15) is 0 Å². The van der Waals surface area contributed by atoms with Crippen molar-refractivity contribution >= 4 is 44.9 Å². The van der Waals surface area contributed by atoms with Gasteiger partial charge in [0.1, 0.15) is 0 Å². The first-order valence-electron chi connectivity index (χ1n) is 12.0. The van der Waals surface area contributed by atoms with Crippen molar-refractivity contribution in [1.29, 1.82) is 0 Å². The first kappa shape index (κ1) is 47.0. The quantitative estimate of drug-likeness (QED) is 0.273. The van der Waals surface area contributed by atoms with Gasteiger partial charge >= 0.3 is 33.0 Å². The van der Waals surface area contributed by atoms with Crippen LogP contribution in [0.5, 0.6) is 0 Å². The zero-order chi connectivity index (χ0) is 27.0. The zero-order valence-electron chi connectivity index (χ0n) is 23.2. The van der Waals surface area contributed by atoms with Crippen LogP contribution in [0.1, 0.15) is 107 Å². The van der Waals surface area contributed by atoms with Gasteiger partial charge in [0.25, 0.3) is 0 Å². The maximum absolute atomic E-state index is 8.89. The van der Waals surface area contributed by atoms with Crippen molar-refractivity contribution in [2.45, 2.75) is 107 Å². The van der Waals surface area contributed by atoms with Crippen LogP contribution in [0.3, 0.4) is 0 Å². The number of aliphatic carboxylic acids is 2. The molecule has 4 radical (unpaired) electrons. The number of carbonyl (C=O) groups is 2. The summed E-state index contributed by atoms with van der Waals surface area (Å²) in [6.45, 7) is 24.2. The van der Waals surface area contributed by atoms with Crippen molar-refractivity contribution in [3.05, 3.63) is 13.8 Å². The Morgan fingerprint density at radius 3 is 0.824 bits per heavy atom. The summed E-state index contributed by atoms with van der Waals surface area (Å²) in [5, 5.41) is 17.8. The molecule has 0 rings (SSSR count). The standard InChI is InChI=1S/C12H28O4Si.2C4H9.2C2H4O2.Sn/c1-5-9-13-17(14-10-6-2,15-11-7-3)16-12-8-4;2*1-3-4-2;2*1-2(3)4;/h5-12H2,1-4H3;2*1,3-4H2,2H3;2*1H3,(H,3,4);/q;;;;;+2/p-2. The topological polar surface area (TPSA) is 117 Å². The Morgan fingerprint density at radius 1 is 0.588 bits per heavy atom. The number of hydrogen-bond acceptors (Lipinski definition) is 8. The van der Waals surface area contributed by atoms with Crippen LogP contribution < -0.4 is 10.2 Å². The molecule has 0 aromatic carbocycles. The fourth-order valence-electron chi connectivity index (χ4n) is 1.16. The summed E-state index contributed by atoms with van der Waals surface area (Å²) in [5.74, 6) is -2.17. The Hall–Kier alpha value is -0.204. The summed E-state index contributed by atoms with van der Waals surface area (Å²) in [6.07, 6.45) is 8.31. The molecule has 204 valence electrons. The Kier molecular flexibility index (Phi) is 59.4. The van der Waals surface area contributed by atoms with Crippen molar-refractivity contribution in [1.82, 2.24) is 0 Å². The third kappa shape index (κ3) is 63.5. The van der Waals surface area contributed by atoms with Gasteiger partial charge < -0.3 is 37.5 Å². The van der Waals surface area contributed by atoms with E-state index in [1.807, 2.05) is 0 Å². The van der Waals surface area contributed by atoms with E-state index in [-0.39, 0.29) is 23.9 Å². The minimum atomic E-state index is -2.88. The van der Waals surface area contributed by atoms with Crippen LogP contribution >= 0.6 is 0 Å². The number of carboxylic acids is 2. The van der Waals surface area contributed by atoms with Crippen LogP contribution in [-0.2, 0) is 27.3 Å². The molecule has 0 aliphatic heterocycles. The molecule has 0 aromatic rings. The summed E-state index contributed by atoms with van der Waals surface area (Å²) in [7, 11) is -2.88. The molecule has 10 heteroatoms. The van der Waals surface area contributed by atoms with E-state index < -0.39 is 21.0 Å². The summed E-state index contributed by atoms with van der Waals surface area (Å²) < 4.78 is 23.0. The van der Waals surface area contributed by atoms with Crippen LogP contribution in [-0.4, -0.2) is 71.3 Å². The minimum absolute atomic E-state index is 0. The van der Waals surface area contributed by atoms with Gasteiger partial charge in [-0.2, -0.15) is 0 Å². The van der Waals surface area contributed by atoms with Crippen LogP contribution in [0.2, 0.25) is 0 Å². The van der Waals surface area contributed by atoms with Gasteiger partial charge in [-0.05, 0) is 39.5 Å². The van der Waals surface area contributed by atoms with E-state index in [0.29, 0.717) is 26.4 Å². The monoisotopic (exact) mass is 616 g/mol. The normalized spacial score (nSPS) is 9.24. The van der Waals surface area contributed by atoms with E-state index in [4.69, 9.17) is 37.5 Å². The van der Waals surface area contributed by atoms with Crippen molar-refractivity contribution in [3.8, 4) is 0 Å². The van der Waals surface area contributed by atoms with Crippen LogP contribution in [0.25, 0.3) is 0 Å². The molecular weight excluding hydrogens is 563 g/mol. The van der Waals surface area contributed by atoms with Crippen molar-refractivity contribution in [2.24, 2.45) is 0 Å². The average molecular weight is 615 g/mol. The van der Waals surface area contributed by atoms with Gasteiger partial charge in [0, 0.05) is 38.4 Å². The van der Waals surface area contributed by atoms with Crippen LogP contribution in [0, 0.1) is 13.8 Å². The molecule has 0 N–H and O–H groups in total. The average Bonchev–Trinajstić information content (AvgIpc) is 2.77. The maximum Gasteiger partial charge on any atom is 2.00 e. The molecule has 0 saturated heterocycles. The molecule has 0 saturated carbocycles. The molecule has 0 heterocycles. The summed E-state index contributed by atoms with van der Waals surface area (Å²) in [6, 6.07) is 0. The zero-order valence-corrected chi connectivity index (χ0v) is 27.0. The van der Waals surface area contributed by atoms with E-state index >= 15 is 0 Å². The number of carbonyl (C=O) groups excluding carboxylic acids is 2. The maximum atomic E-state index is 8.89. The van der Waals surface area contributed by atoms with Crippen molar-refractivity contribution in [3.63, 3.8) is 0 Å². The molecule has 0 fully saturated rings. The molecule has 0 atom stereocenters. The Balaban J connectivity index is -0.0000000939. The minimum Gasteiger partial charge on any atom is -0.550 e. The summed E-state index contributed by atoms with van der Waals surface area (Å²) in [4.78, 5) is 17.8. The molecule has 34 heavy (non-hydrogen) atoms. The second-order valence-electron chi connectivity index (χ2n) is 6.58. The van der Waals surface area contributed by atoms with Crippen LogP contribution in [0.4, 0.5) is 0 Å². The number of rotatable bonds is 14. The van der Waals surface area contributed by atoms with Gasteiger partial charge in [0.2, 0.25) is 0 Å². The Labute approximate surface area is 228 Å². The van der Waals surface area contributed by atoms with E-state index in [2.05, 4.69) is 55.4 Å². The predicted molar refractivity (Wildman–Crippen MR) is 138 cm³/mol. The second-order valence-corrected chi connectivity index (χ2v) is 8.74. The van der Waals surface area contributed by atoms with Gasteiger partial charge in [-0.25, -0.2) is 0 Å². The number of unbranched alkanes of at least 4 members (excludes halogenated alkanes) is 2. The number of carboxylic acid groups (broad SMARTS) is 2. The van der Waals surface area contributed by atoms with Crippen molar-refractivity contribution < 1.29 is 37.5 Å². The molecule has 0 bridgehead atoms. The predicted octanol–water partition coefficient (Wildman–Crippen LogP) is 3.50. The Morgan fingerprint density at radius 2 is 0.735 bits per heavy atom. The molecular formula is C24H52O8SiSn. The fourth-order valence-corrected chi connectivity index (χ4v) is 3.47. The van der Waals surface area contributed by atoms with Gasteiger partial charge in [-0.1, -0.05) is 81.1 Å². The van der Waals surface area contributed by atoms with Gasteiger partial charge in [0.15, 0.2) is 0 Å². The van der Waals surface area contributed by atoms with E-state index in [1.165, 1.54) is 12.8 Å². The molecule has 0 aliphatic rings. The third-order valence-electron chi connectivity index (χ3n) is 2.64. The molecule has 0 amide bonds. The van der Waals surface area contributed by atoms with Crippen LogP contribution in [0.15, 0.2) is 0 Å². The van der Waals surface area contributed by atoms with E-state index in [1.54, 1.807) is 0 Å². The smallest absolute Gasteiger partial charge is 0.550 e. The SMILES string of the molecule is CC(=O)[O-].CC(=O)[O-].CCCO[Si](OCCC)(OCCC)OCCC.[CH2]CCC.[CH2]CCC.[Sn+2]. The molecule has 0 aromatic heterocycles. The first-order valence-corrected chi connectivity index (χ1v) is 13.7. The number of hydrogen-bond donors (Lipinski definition) is 0. The Bertz CT molecular complexity index is 309. The molecule has 0 unspecified atom stereocenters. The summed E-state index contributed by atoms with van der Waals surface area (Å²) >= 11 is 0. The second kappa shape index (κ2) is 42.9. The van der Waals surface area contributed by atoms with Crippen molar-refractivity contribution in [2.75, 3.05) is 26.4 Å². The van der Waals surface area contributed by atoms with Gasteiger partial charge in [-0.3, -0.25) is 0 Å². The van der Waals surface area contributed by atoms with Gasteiger partial charge in [0.05, 0.1) is 0 Å². The van der Waals surface area contributed by atoms with Gasteiger partial charge in [-0.15, -0.1) is 0 Å². The summed E-state index contributed by atoms with van der Waals surface area (Å²) in [5.41, 5.74) is 0. The van der Waals surface area contributed by atoms with E-state index in [0.717, 1.165) is 52.4 Å². The first-order chi connectivity index (χ1) is 15.5. The molecule has 0 aliphatic carbocycles. The third-order valence-corrected chi connectivity index (χ3v) is 4.87. The largest absolute Gasteiger partial charge is 2.00 e. The molecule has 0 spiro atoms. The fraction of sp³-hybridized carbons (Fsp3) is 0.833. The molecule has 8 nitrogen and oxygen atoms in total.